The summed E-state index contributed by atoms with van der Waals surface area (Å²) in [4.78, 5) is 15.6. The molecule has 0 radical (unpaired) electrons. The van der Waals surface area contributed by atoms with Crippen LogP contribution < -0.4 is 9.46 Å². The second-order valence-corrected chi connectivity index (χ2v) is 8.12. The Morgan fingerprint density at radius 1 is 1.17 bits per heavy atom. The number of methoxy groups -OCH3 is 1. The van der Waals surface area contributed by atoms with Crippen molar-refractivity contribution >= 4 is 33.3 Å². The number of rotatable bonds is 7. The summed E-state index contributed by atoms with van der Waals surface area (Å²) in [5, 5.41) is 9.94. The molecule has 8 nitrogen and oxygen atoms in total. The molecule has 3 rings (SSSR count). The summed E-state index contributed by atoms with van der Waals surface area (Å²) in [5.74, 6) is -0.886. The zero-order valence-electron chi connectivity index (χ0n) is 15.7. The summed E-state index contributed by atoms with van der Waals surface area (Å²) in [7, 11) is -2.93. The molecule has 0 unspecified atom stereocenters. The van der Waals surface area contributed by atoms with Crippen LogP contribution in [0.1, 0.15) is 16.1 Å². The number of ether oxygens (including phenoxy) is 2. The monoisotopic (exact) mass is 448 g/mol. The van der Waals surface area contributed by atoms with Crippen molar-refractivity contribution in [3.05, 3.63) is 77.1 Å². The fourth-order valence-corrected chi connectivity index (χ4v) is 3.80. The van der Waals surface area contributed by atoms with Crippen molar-refractivity contribution in [3.8, 4) is 11.5 Å². The zero-order valence-corrected chi connectivity index (χ0v) is 17.3. The van der Waals surface area contributed by atoms with E-state index in [9.17, 15) is 18.3 Å². The number of anilines is 1. The second-order valence-electron chi connectivity index (χ2n) is 6.03. The van der Waals surface area contributed by atoms with Crippen LogP contribution >= 0.6 is 11.6 Å². The van der Waals surface area contributed by atoms with Crippen molar-refractivity contribution in [1.82, 2.24) is 4.98 Å². The van der Waals surface area contributed by atoms with Gasteiger partial charge in [0.2, 0.25) is 0 Å². The van der Waals surface area contributed by atoms with E-state index >= 15 is 0 Å². The first-order valence-electron chi connectivity index (χ1n) is 8.56. The van der Waals surface area contributed by atoms with Gasteiger partial charge in [0.05, 0.1) is 28.4 Å². The number of phenolic OH excluding ortho intramolecular Hbond substituents is 1. The molecule has 0 saturated heterocycles. The Morgan fingerprint density at radius 3 is 2.63 bits per heavy atom. The number of nitrogens with zero attached hydrogens (tertiary/aromatic N) is 1. The Bertz CT molecular complexity index is 1170. The van der Waals surface area contributed by atoms with Gasteiger partial charge in [-0.1, -0.05) is 17.7 Å². The van der Waals surface area contributed by atoms with Crippen LogP contribution in [-0.4, -0.2) is 31.6 Å². The molecule has 0 saturated carbocycles. The van der Waals surface area contributed by atoms with Crippen LogP contribution in [-0.2, 0) is 21.4 Å². The Morgan fingerprint density at radius 2 is 1.97 bits per heavy atom. The van der Waals surface area contributed by atoms with E-state index in [-0.39, 0.29) is 27.8 Å². The molecule has 0 aliphatic rings. The second kappa shape index (κ2) is 9.02. The number of benzene rings is 2. The summed E-state index contributed by atoms with van der Waals surface area (Å²) in [6.45, 7) is 0.204. The number of hydrogen-bond donors (Lipinski definition) is 2. The van der Waals surface area contributed by atoms with Gasteiger partial charge in [-0.15, -0.1) is 0 Å². The number of phenols is 1. The van der Waals surface area contributed by atoms with Crippen molar-refractivity contribution in [1.29, 1.82) is 0 Å². The highest BCUT2D eigenvalue weighted by Gasteiger charge is 2.20. The van der Waals surface area contributed by atoms with E-state index in [1.54, 1.807) is 18.3 Å². The zero-order chi connectivity index (χ0) is 21.7. The predicted molar refractivity (Wildman–Crippen MR) is 110 cm³/mol. The minimum absolute atomic E-state index is 0.192. The smallest absolute Gasteiger partial charge is 0.341 e. The van der Waals surface area contributed by atoms with Crippen LogP contribution in [0.15, 0.2) is 65.7 Å². The maximum absolute atomic E-state index is 12.7. The topological polar surface area (TPSA) is 115 Å². The number of hydrogen-bond acceptors (Lipinski definition) is 7. The highest BCUT2D eigenvalue weighted by molar-refractivity contribution is 7.92. The molecule has 0 amide bonds. The largest absolute Gasteiger partial charge is 0.507 e. The standard InChI is InChI=1S/C20H17ClN2O6S/c1-28-20(25)16-11-15(6-7-18(16)24)30(26,27)23-13-5-8-19(17(21)10-13)29-12-14-4-2-3-9-22-14/h2-11,23-24H,12H2,1H3. The van der Waals surface area contributed by atoms with Gasteiger partial charge < -0.3 is 14.6 Å². The maximum Gasteiger partial charge on any atom is 0.341 e. The predicted octanol–water partition coefficient (Wildman–Crippen LogP) is 3.61. The lowest BCUT2D eigenvalue weighted by Gasteiger charge is -2.12. The molecule has 1 heterocycles. The van der Waals surface area contributed by atoms with Gasteiger partial charge in [-0.2, -0.15) is 0 Å². The molecule has 0 aliphatic carbocycles. The van der Waals surface area contributed by atoms with E-state index in [0.717, 1.165) is 25.3 Å². The summed E-state index contributed by atoms with van der Waals surface area (Å²) in [5.41, 5.74) is 0.640. The normalized spacial score (nSPS) is 11.0. The fraction of sp³-hybridized carbons (Fsp3) is 0.100. The number of aromatic hydroxyl groups is 1. The van der Waals surface area contributed by atoms with Gasteiger partial charge in [0, 0.05) is 6.20 Å². The van der Waals surface area contributed by atoms with Crippen LogP contribution in [0.4, 0.5) is 5.69 Å². The molecule has 30 heavy (non-hydrogen) atoms. The minimum atomic E-state index is -4.06. The van der Waals surface area contributed by atoms with Crippen molar-refractivity contribution in [3.63, 3.8) is 0 Å². The lowest BCUT2D eigenvalue weighted by Crippen LogP contribution is -2.14. The van der Waals surface area contributed by atoms with E-state index in [0.29, 0.717) is 11.4 Å². The summed E-state index contributed by atoms with van der Waals surface area (Å²) >= 11 is 6.20. The third-order valence-corrected chi connectivity index (χ3v) is 5.64. The molecule has 1 aromatic heterocycles. The molecular weight excluding hydrogens is 432 g/mol. The lowest BCUT2D eigenvalue weighted by atomic mass is 10.2. The van der Waals surface area contributed by atoms with Crippen LogP contribution in [0, 0.1) is 0 Å². The minimum Gasteiger partial charge on any atom is -0.507 e. The number of nitrogens with one attached hydrogen (secondary N) is 1. The lowest BCUT2D eigenvalue weighted by molar-refractivity contribution is 0.0597. The number of pyridine rings is 1. The van der Waals surface area contributed by atoms with Gasteiger partial charge in [-0.05, 0) is 48.5 Å². The third kappa shape index (κ3) is 5.00. The summed E-state index contributed by atoms with van der Waals surface area (Å²) in [6.07, 6.45) is 1.65. The number of esters is 1. The van der Waals surface area contributed by atoms with Crippen LogP contribution in [0.2, 0.25) is 5.02 Å². The molecule has 0 atom stereocenters. The van der Waals surface area contributed by atoms with Gasteiger partial charge in [-0.25, -0.2) is 13.2 Å². The first kappa shape index (κ1) is 21.4. The molecule has 10 heteroatoms. The highest BCUT2D eigenvalue weighted by atomic mass is 35.5. The Balaban J connectivity index is 1.77. The number of carbonyl (C=O) groups excluding carboxylic acids is 1. The molecular formula is C20H17ClN2O6S. The average Bonchev–Trinajstić information content (AvgIpc) is 2.73. The molecule has 0 aliphatic heterocycles. The van der Waals surface area contributed by atoms with Crippen LogP contribution in [0.5, 0.6) is 11.5 Å². The van der Waals surface area contributed by atoms with Gasteiger partial charge in [0.25, 0.3) is 10.0 Å². The Labute approximate surface area is 178 Å². The van der Waals surface area contributed by atoms with E-state index in [1.165, 1.54) is 18.2 Å². The maximum atomic E-state index is 12.7. The van der Waals surface area contributed by atoms with E-state index in [2.05, 4.69) is 14.4 Å². The Hall–Kier alpha value is -3.30. The fourth-order valence-electron chi connectivity index (χ4n) is 2.49. The number of sulfonamides is 1. The third-order valence-electron chi connectivity index (χ3n) is 3.97. The van der Waals surface area contributed by atoms with Gasteiger partial charge in [0.1, 0.15) is 23.7 Å². The van der Waals surface area contributed by atoms with Crippen LogP contribution in [0.25, 0.3) is 0 Å². The number of halogens is 1. The van der Waals surface area contributed by atoms with E-state index in [4.69, 9.17) is 16.3 Å². The van der Waals surface area contributed by atoms with Gasteiger partial charge in [0.15, 0.2) is 0 Å². The van der Waals surface area contributed by atoms with E-state index < -0.39 is 21.7 Å². The first-order valence-corrected chi connectivity index (χ1v) is 10.4. The van der Waals surface area contributed by atoms with Crippen molar-refractivity contribution in [2.24, 2.45) is 0 Å². The highest BCUT2D eigenvalue weighted by Crippen LogP contribution is 2.30. The Kier molecular flexibility index (Phi) is 6.43. The molecule has 156 valence electrons. The number of carbonyl (C=O) groups is 1. The molecule has 0 fully saturated rings. The summed E-state index contributed by atoms with van der Waals surface area (Å²) < 4.78 is 37.8. The molecule has 2 aromatic carbocycles. The summed E-state index contributed by atoms with van der Waals surface area (Å²) in [6, 6.07) is 13.1. The van der Waals surface area contributed by atoms with Crippen molar-refractivity contribution in [2.45, 2.75) is 11.5 Å². The van der Waals surface area contributed by atoms with Crippen molar-refractivity contribution in [2.75, 3.05) is 11.8 Å². The van der Waals surface area contributed by atoms with Crippen molar-refractivity contribution < 1.29 is 27.8 Å². The molecule has 3 aromatic rings. The molecule has 0 spiro atoms. The van der Waals surface area contributed by atoms with E-state index in [1.807, 2.05) is 6.07 Å². The quantitative estimate of drug-likeness (QED) is 0.530. The average molecular weight is 449 g/mol. The SMILES string of the molecule is COC(=O)c1cc(S(=O)(=O)Nc2ccc(OCc3ccccn3)c(Cl)c2)ccc1O. The van der Waals surface area contributed by atoms with Gasteiger partial charge >= 0.3 is 5.97 Å². The van der Waals surface area contributed by atoms with Gasteiger partial charge in [-0.3, -0.25) is 9.71 Å². The molecule has 2 N–H and O–H groups in total. The molecule has 0 bridgehead atoms. The van der Waals surface area contributed by atoms with Crippen LogP contribution in [0.3, 0.4) is 0 Å². The number of aromatic nitrogens is 1. The first-order chi connectivity index (χ1) is 14.3.